The quantitative estimate of drug-likeness (QED) is 0.355. The molecule has 5 rings (SSSR count). The van der Waals surface area contributed by atoms with Crippen LogP contribution in [0.3, 0.4) is 0 Å². The van der Waals surface area contributed by atoms with Crippen LogP contribution in [-0.4, -0.2) is 4.57 Å². The lowest BCUT2D eigenvalue weighted by Gasteiger charge is -2.09. The van der Waals surface area contributed by atoms with Crippen molar-refractivity contribution in [3.05, 3.63) is 102 Å². The molecule has 0 fully saturated rings. The summed E-state index contributed by atoms with van der Waals surface area (Å²) in [6.07, 6.45) is 0. The van der Waals surface area contributed by atoms with E-state index in [2.05, 4.69) is 28.8 Å². The van der Waals surface area contributed by atoms with Crippen LogP contribution >= 0.6 is 0 Å². The molecule has 0 amide bonds. The Morgan fingerprint density at radius 2 is 1.27 bits per heavy atom. The number of hydrogen-bond donors (Lipinski definition) is 0. The van der Waals surface area contributed by atoms with E-state index in [1.165, 1.54) is 12.1 Å². The first-order valence-corrected chi connectivity index (χ1v) is 9.44. The molecule has 0 spiro atoms. The molecular formula is C26H14FN3. The number of hydrogen-bond acceptors (Lipinski definition) is 2. The minimum absolute atomic E-state index is 0.132. The molecule has 140 valence electrons. The highest BCUT2D eigenvalue weighted by Gasteiger charge is 2.15. The Bertz CT molecular complexity index is 1480. The smallest absolute Gasteiger partial charge is 0.158 e. The van der Waals surface area contributed by atoms with Gasteiger partial charge in [0.1, 0.15) is 12.1 Å². The average molecular weight is 387 g/mol. The number of benzene rings is 4. The van der Waals surface area contributed by atoms with Gasteiger partial charge in [0.2, 0.25) is 0 Å². The van der Waals surface area contributed by atoms with Crippen molar-refractivity contribution in [3.8, 4) is 29.0 Å². The predicted molar refractivity (Wildman–Crippen MR) is 116 cm³/mol. The van der Waals surface area contributed by atoms with Gasteiger partial charge in [-0.2, -0.15) is 10.5 Å². The molecule has 0 atom stereocenters. The van der Waals surface area contributed by atoms with Crippen molar-refractivity contribution in [2.24, 2.45) is 0 Å². The standard InChI is InChI=1S/C26H14FN3/c27-26-19(15-28)12-18(13-20(26)16-29)17-10-11-23-22-8-4-5-9-24(22)30(25(23)14-17)21-6-2-1-3-7-21/h1-14H. The van der Waals surface area contributed by atoms with Gasteiger partial charge in [0, 0.05) is 16.5 Å². The molecule has 4 heteroatoms. The van der Waals surface area contributed by atoms with Crippen LogP contribution in [0.2, 0.25) is 0 Å². The molecule has 1 heterocycles. The Morgan fingerprint density at radius 3 is 1.97 bits per heavy atom. The van der Waals surface area contributed by atoms with Crippen molar-refractivity contribution in [3.63, 3.8) is 0 Å². The molecule has 0 unspecified atom stereocenters. The van der Waals surface area contributed by atoms with E-state index in [0.29, 0.717) is 5.56 Å². The summed E-state index contributed by atoms with van der Waals surface area (Å²) in [6, 6.07) is 31.0. The van der Waals surface area contributed by atoms with E-state index in [0.717, 1.165) is 33.1 Å². The summed E-state index contributed by atoms with van der Waals surface area (Å²) in [4.78, 5) is 0. The molecule has 1 aromatic heterocycles. The second-order valence-electron chi connectivity index (χ2n) is 7.03. The summed E-state index contributed by atoms with van der Waals surface area (Å²) < 4.78 is 16.4. The molecule has 0 bridgehead atoms. The summed E-state index contributed by atoms with van der Waals surface area (Å²) in [5.41, 5.74) is 4.31. The molecule has 0 saturated heterocycles. The topological polar surface area (TPSA) is 52.5 Å². The third-order valence-corrected chi connectivity index (χ3v) is 5.34. The fourth-order valence-electron chi connectivity index (χ4n) is 3.96. The van der Waals surface area contributed by atoms with Gasteiger partial charge in [-0.3, -0.25) is 0 Å². The molecule has 0 aliphatic rings. The van der Waals surface area contributed by atoms with Gasteiger partial charge in [-0.25, -0.2) is 4.39 Å². The zero-order chi connectivity index (χ0) is 20.7. The van der Waals surface area contributed by atoms with Crippen LogP contribution in [0.15, 0.2) is 84.9 Å². The van der Waals surface area contributed by atoms with E-state index in [4.69, 9.17) is 0 Å². The number of nitrogens with zero attached hydrogens (tertiary/aromatic N) is 3. The maximum atomic E-state index is 14.2. The summed E-state index contributed by atoms with van der Waals surface area (Å²) in [7, 11) is 0. The zero-order valence-electron chi connectivity index (χ0n) is 15.8. The highest BCUT2D eigenvalue weighted by Crippen LogP contribution is 2.35. The van der Waals surface area contributed by atoms with Gasteiger partial charge in [0.05, 0.1) is 22.2 Å². The third-order valence-electron chi connectivity index (χ3n) is 5.34. The van der Waals surface area contributed by atoms with Crippen molar-refractivity contribution < 1.29 is 4.39 Å². The van der Waals surface area contributed by atoms with Crippen LogP contribution in [0.1, 0.15) is 11.1 Å². The monoisotopic (exact) mass is 387 g/mol. The van der Waals surface area contributed by atoms with Crippen LogP contribution in [-0.2, 0) is 0 Å². The Labute approximate surface area is 172 Å². The molecule has 0 radical (unpaired) electrons. The molecule has 0 aliphatic heterocycles. The number of rotatable bonds is 2. The maximum Gasteiger partial charge on any atom is 0.158 e. The molecule has 30 heavy (non-hydrogen) atoms. The van der Waals surface area contributed by atoms with E-state index < -0.39 is 5.82 Å². The van der Waals surface area contributed by atoms with Gasteiger partial charge >= 0.3 is 0 Å². The van der Waals surface area contributed by atoms with Crippen molar-refractivity contribution in [2.75, 3.05) is 0 Å². The molecule has 0 saturated carbocycles. The highest BCUT2D eigenvalue weighted by atomic mass is 19.1. The molecular weight excluding hydrogens is 373 g/mol. The number of halogens is 1. The van der Waals surface area contributed by atoms with Gasteiger partial charge in [-0.05, 0) is 47.5 Å². The van der Waals surface area contributed by atoms with Crippen molar-refractivity contribution in [2.45, 2.75) is 0 Å². The fourth-order valence-corrected chi connectivity index (χ4v) is 3.96. The van der Waals surface area contributed by atoms with Gasteiger partial charge in [-0.15, -0.1) is 0 Å². The molecule has 5 aromatic rings. The van der Waals surface area contributed by atoms with Crippen LogP contribution in [0.25, 0.3) is 38.6 Å². The summed E-state index contributed by atoms with van der Waals surface area (Å²) in [6.45, 7) is 0. The first-order valence-electron chi connectivity index (χ1n) is 9.44. The Balaban J connectivity index is 1.84. The maximum absolute atomic E-state index is 14.2. The van der Waals surface area contributed by atoms with Crippen molar-refractivity contribution >= 4 is 21.8 Å². The highest BCUT2D eigenvalue weighted by molar-refractivity contribution is 6.10. The minimum atomic E-state index is -0.775. The summed E-state index contributed by atoms with van der Waals surface area (Å²) >= 11 is 0. The first kappa shape index (κ1) is 17.7. The fraction of sp³-hybridized carbons (Fsp3) is 0. The Morgan fingerprint density at radius 1 is 0.633 bits per heavy atom. The second kappa shape index (κ2) is 6.88. The number of aromatic nitrogens is 1. The number of nitriles is 2. The summed E-state index contributed by atoms with van der Waals surface area (Å²) in [5, 5.41) is 20.8. The molecule has 0 N–H and O–H groups in total. The predicted octanol–water partition coefficient (Wildman–Crippen LogP) is 6.33. The van der Waals surface area contributed by atoms with Crippen LogP contribution < -0.4 is 0 Å². The van der Waals surface area contributed by atoms with Crippen LogP contribution in [0, 0.1) is 28.5 Å². The molecule has 3 nitrogen and oxygen atoms in total. The lowest BCUT2D eigenvalue weighted by Crippen LogP contribution is -1.94. The molecule has 4 aromatic carbocycles. The van der Waals surface area contributed by atoms with Crippen LogP contribution in [0.5, 0.6) is 0 Å². The SMILES string of the molecule is N#Cc1cc(-c2ccc3c4ccccc4n(-c4ccccc4)c3c2)cc(C#N)c1F. The summed E-state index contributed by atoms with van der Waals surface area (Å²) in [5.74, 6) is -0.775. The Hall–Kier alpha value is -4.41. The normalized spacial score (nSPS) is 10.8. The van der Waals surface area contributed by atoms with Crippen LogP contribution in [0.4, 0.5) is 4.39 Å². The van der Waals surface area contributed by atoms with Gasteiger partial charge in [-0.1, -0.05) is 48.5 Å². The number of fused-ring (bicyclic) bond motifs is 3. The van der Waals surface area contributed by atoms with E-state index in [-0.39, 0.29) is 11.1 Å². The number of para-hydroxylation sites is 2. The minimum Gasteiger partial charge on any atom is -0.309 e. The molecule has 0 aliphatic carbocycles. The Kier molecular flexibility index (Phi) is 4.05. The lowest BCUT2D eigenvalue weighted by atomic mass is 9.98. The third kappa shape index (κ3) is 2.64. The van der Waals surface area contributed by atoms with Crippen molar-refractivity contribution in [1.29, 1.82) is 10.5 Å². The van der Waals surface area contributed by atoms with Gasteiger partial charge < -0.3 is 4.57 Å². The van der Waals surface area contributed by atoms with Crippen molar-refractivity contribution in [1.82, 2.24) is 4.57 Å². The second-order valence-corrected chi connectivity index (χ2v) is 7.03. The average Bonchev–Trinajstić information content (AvgIpc) is 3.13. The van der Waals surface area contributed by atoms with E-state index in [1.807, 2.05) is 60.7 Å². The van der Waals surface area contributed by atoms with E-state index in [9.17, 15) is 14.9 Å². The van der Waals surface area contributed by atoms with E-state index >= 15 is 0 Å². The lowest BCUT2D eigenvalue weighted by molar-refractivity contribution is 0.620. The van der Waals surface area contributed by atoms with Gasteiger partial charge in [0.25, 0.3) is 0 Å². The van der Waals surface area contributed by atoms with E-state index in [1.54, 1.807) is 0 Å². The first-order chi connectivity index (χ1) is 14.7. The zero-order valence-corrected chi connectivity index (χ0v) is 15.8. The largest absolute Gasteiger partial charge is 0.309 e. The van der Waals surface area contributed by atoms with Gasteiger partial charge in [0.15, 0.2) is 5.82 Å².